The fraction of sp³-hybridized carbons (Fsp3) is 0.267. The minimum absolute atomic E-state index is 0.0166. The topological polar surface area (TPSA) is 101 Å². The number of halogens is 1. The highest BCUT2D eigenvalue weighted by Gasteiger charge is 2.19. The Morgan fingerprint density at radius 1 is 1.21 bits per heavy atom. The van der Waals surface area contributed by atoms with E-state index in [2.05, 4.69) is 20.4 Å². The number of carbonyl (C=O) groups excluding carboxylic acids is 1. The maximum absolute atomic E-state index is 12.2. The van der Waals surface area contributed by atoms with Crippen LogP contribution in [0.25, 0.3) is 0 Å². The van der Waals surface area contributed by atoms with Gasteiger partial charge in [0.05, 0.1) is 4.92 Å². The number of nitrogens with one attached hydrogen (secondary N) is 1. The molecule has 0 unspecified atom stereocenters. The number of anilines is 2. The first kappa shape index (κ1) is 16.1. The number of rotatable bonds is 4. The Balaban J connectivity index is 1.77. The van der Waals surface area contributed by atoms with Crippen LogP contribution in [0.3, 0.4) is 0 Å². The van der Waals surface area contributed by atoms with Crippen LogP contribution < -0.4 is 10.2 Å². The number of hydrogen-bond acceptors (Lipinski definition) is 6. The van der Waals surface area contributed by atoms with Crippen molar-refractivity contribution in [1.29, 1.82) is 0 Å². The lowest BCUT2D eigenvalue weighted by Crippen LogP contribution is -2.21. The lowest BCUT2D eigenvalue weighted by molar-refractivity contribution is -0.383. The molecule has 124 valence electrons. The highest BCUT2D eigenvalue weighted by atomic mass is 35.5. The average molecular weight is 348 g/mol. The van der Waals surface area contributed by atoms with Crippen molar-refractivity contribution in [3.63, 3.8) is 0 Å². The molecule has 0 saturated carbocycles. The Kier molecular flexibility index (Phi) is 4.57. The van der Waals surface area contributed by atoms with Crippen molar-refractivity contribution in [2.24, 2.45) is 0 Å². The van der Waals surface area contributed by atoms with Crippen molar-refractivity contribution in [1.82, 2.24) is 10.2 Å². The van der Waals surface area contributed by atoms with Gasteiger partial charge in [-0.3, -0.25) is 14.9 Å². The number of hydrogen-bond donors (Lipinski definition) is 1. The second-order valence-electron chi connectivity index (χ2n) is 5.34. The Morgan fingerprint density at radius 2 is 1.96 bits per heavy atom. The molecular weight excluding hydrogens is 334 g/mol. The predicted octanol–water partition coefficient (Wildman–Crippen LogP) is 2.89. The second kappa shape index (κ2) is 6.79. The van der Waals surface area contributed by atoms with E-state index in [4.69, 9.17) is 11.6 Å². The zero-order chi connectivity index (χ0) is 17.1. The van der Waals surface area contributed by atoms with Crippen LogP contribution in [-0.2, 0) is 0 Å². The van der Waals surface area contributed by atoms with E-state index in [0.29, 0.717) is 0 Å². The van der Waals surface area contributed by atoms with Gasteiger partial charge < -0.3 is 10.2 Å². The summed E-state index contributed by atoms with van der Waals surface area (Å²) in [7, 11) is 0. The molecule has 1 aromatic heterocycles. The number of nitro benzene ring substituents is 1. The molecule has 3 rings (SSSR count). The fourth-order valence-electron chi connectivity index (χ4n) is 2.52. The molecule has 1 fully saturated rings. The third-order valence-electron chi connectivity index (χ3n) is 3.72. The zero-order valence-corrected chi connectivity index (χ0v) is 13.4. The van der Waals surface area contributed by atoms with E-state index in [1.165, 1.54) is 18.2 Å². The van der Waals surface area contributed by atoms with Crippen LogP contribution in [0.1, 0.15) is 23.3 Å². The first-order chi connectivity index (χ1) is 11.5. The van der Waals surface area contributed by atoms with E-state index in [0.717, 1.165) is 31.7 Å². The van der Waals surface area contributed by atoms with Crippen molar-refractivity contribution in [2.45, 2.75) is 12.8 Å². The lowest BCUT2D eigenvalue weighted by atomic mass is 10.2. The van der Waals surface area contributed by atoms with Gasteiger partial charge in [0.2, 0.25) is 0 Å². The van der Waals surface area contributed by atoms with Crippen molar-refractivity contribution in [3.05, 3.63) is 51.2 Å². The molecule has 1 aliphatic heterocycles. The Morgan fingerprint density at radius 3 is 2.58 bits per heavy atom. The Bertz CT molecular complexity index is 775. The zero-order valence-electron chi connectivity index (χ0n) is 12.6. The molecule has 1 saturated heterocycles. The SMILES string of the molecule is O=C(Nc1cc(Cl)ccc1[N+](=O)[O-])c1ccc(N2CCCC2)nn1. The molecule has 0 radical (unpaired) electrons. The molecule has 0 bridgehead atoms. The lowest BCUT2D eigenvalue weighted by Gasteiger charge is -2.15. The molecule has 8 nitrogen and oxygen atoms in total. The molecule has 0 aliphatic carbocycles. The first-order valence-electron chi connectivity index (χ1n) is 7.38. The van der Waals surface area contributed by atoms with Crippen LogP contribution in [0, 0.1) is 10.1 Å². The minimum atomic E-state index is -0.589. The smallest absolute Gasteiger partial charge is 0.292 e. The highest BCUT2D eigenvalue weighted by Crippen LogP contribution is 2.28. The molecule has 0 atom stereocenters. The van der Waals surface area contributed by atoms with Gasteiger partial charge in [0.1, 0.15) is 5.69 Å². The van der Waals surface area contributed by atoms with Gasteiger partial charge in [0, 0.05) is 24.2 Å². The van der Waals surface area contributed by atoms with Gasteiger partial charge in [0.25, 0.3) is 11.6 Å². The number of carbonyl (C=O) groups is 1. The molecule has 2 heterocycles. The van der Waals surface area contributed by atoms with E-state index in [1.54, 1.807) is 12.1 Å². The summed E-state index contributed by atoms with van der Waals surface area (Å²) in [6, 6.07) is 7.22. The first-order valence-corrected chi connectivity index (χ1v) is 7.76. The van der Waals surface area contributed by atoms with Crippen LogP contribution in [0.4, 0.5) is 17.2 Å². The van der Waals surface area contributed by atoms with Gasteiger partial charge in [-0.1, -0.05) is 11.6 Å². The quantitative estimate of drug-likeness (QED) is 0.674. The third-order valence-corrected chi connectivity index (χ3v) is 3.95. The summed E-state index contributed by atoms with van der Waals surface area (Å²) in [5.74, 6) is 0.138. The van der Waals surface area contributed by atoms with Gasteiger partial charge >= 0.3 is 0 Å². The summed E-state index contributed by atoms with van der Waals surface area (Å²) in [4.78, 5) is 24.8. The van der Waals surface area contributed by atoms with Crippen LogP contribution in [0.2, 0.25) is 5.02 Å². The molecular formula is C15H14ClN5O3. The molecule has 1 amide bonds. The maximum atomic E-state index is 12.2. The van der Waals surface area contributed by atoms with Crippen LogP contribution in [-0.4, -0.2) is 34.1 Å². The maximum Gasteiger partial charge on any atom is 0.292 e. The molecule has 1 N–H and O–H groups in total. The van der Waals surface area contributed by atoms with Crippen molar-refractivity contribution in [3.8, 4) is 0 Å². The largest absolute Gasteiger partial charge is 0.355 e. The van der Waals surface area contributed by atoms with Gasteiger partial charge in [0.15, 0.2) is 11.5 Å². The summed E-state index contributed by atoms with van der Waals surface area (Å²) in [5, 5.41) is 21.7. The molecule has 24 heavy (non-hydrogen) atoms. The Labute approximate surface area is 142 Å². The Hall–Kier alpha value is -2.74. The summed E-state index contributed by atoms with van der Waals surface area (Å²) >= 11 is 5.84. The van der Waals surface area contributed by atoms with Crippen molar-refractivity contribution in [2.75, 3.05) is 23.3 Å². The number of aromatic nitrogens is 2. The van der Waals surface area contributed by atoms with E-state index >= 15 is 0 Å². The van der Waals surface area contributed by atoms with E-state index in [1.807, 2.05) is 0 Å². The molecule has 1 aromatic carbocycles. The molecule has 0 spiro atoms. The summed E-state index contributed by atoms with van der Waals surface area (Å²) in [6.45, 7) is 1.85. The highest BCUT2D eigenvalue weighted by molar-refractivity contribution is 6.31. The fourth-order valence-corrected chi connectivity index (χ4v) is 2.69. The third kappa shape index (κ3) is 3.43. The standard InChI is InChI=1S/C15H14ClN5O3/c16-10-3-5-13(21(23)24)12(9-10)17-15(22)11-4-6-14(19-18-11)20-7-1-2-8-20/h3-6,9H,1-2,7-8H2,(H,17,22). The van der Waals surface area contributed by atoms with E-state index in [9.17, 15) is 14.9 Å². The number of benzene rings is 1. The normalized spacial score (nSPS) is 13.8. The molecule has 2 aromatic rings. The van der Waals surface area contributed by atoms with Gasteiger partial charge in [-0.15, -0.1) is 10.2 Å². The summed E-state index contributed by atoms with van der Waals surface area (Å²) < 4.78 is 0. The second-order valence-corrected chi connectivity index (χ2v) is 5.78. The average Bonchev–Trinajstić information content (AvgIpc) is 3.09. The predicted molar refractivity (Wildman–Crippen MR) is 89.5 cm³/mol. The monoisotopic (exact) mass is 347 g/mol. The summed E-state index contributed by atoms with van der Waals surface area (Å²) in [6.07, 6.45) is 2.23. The molecule has 9 heteroatoms. The van der Waals surface area contributed by atoms with Crippen LogP contribution >= 0.6 is 11.6 Å². The van der Waals surface area contributed by atoms with Crippen molar-refractivity contribution >= 4 is 34.7 Å². The van der Waals surface area contributed by atoms with Gasteiger partial charge in [-0.25, -0.2) is 0 Å². The van der Waals surface area contributed by atoms with Crippen LogP contribution in [0.5, 0.6) is 0 Å². The van der Waals surface area contributed by atoms with E-state index < -0.39 is 10.8 Å². The van der Waals surface area contributed by atoms with Crippen LogP contribution in [0.15, 0.2) is 30.3 Å². The number of amides is 1. The summed E-state index contributed by atoms with van der Waals surface area (Å²) in [5.41, 5.74) is -0.149. The minimum Gasteiger partial charge on any atom is -0.355 e. The van der Waals surface area contributed by atoms with E-state index in [-0.39, 0.29) is 22.1 Å². The van der Waals surface area contributed by atoms with Crippen molar-refractivity contribution < 1.29 is 9.72 Å². The molecule has 1 aliphatic rings. The number of nitro groups is 1. The number of nitrogens with zero attached hydrogens (tertiary/aromatic N) is 4. The van der Waals surface area contributed by atoms with Gasteiger partial charge in [-0.2, -0.15) is 0 Å². The van der Waals surface area contributed by atoms with Gasteiger partial charge in [-0.05, 0) is 37.1 Å².